The van der Waals surface area contributed by atoms with Crippen LogP contribution in [-0.4, -0.2) is 46.1 Å². The number of aromatic nitrogens is 2. The summed E-state index contributed by atoms with van der Waals surface area (Å²) in [6.07, 6.45) is 4.33. The molecule has 1 saturated heterocycles. The number of rotatable bonds is 7. The van der Waals surface area contributed by atoms with Crippen LogP contribution in [0.15, 0.2) is 60.8 Å². The highest BCUT2D eigenvalue weighted by Crippen LogP contribution is 2.23. The normalized spacial score (nSPS) is 16.8. The molecule has 35 heavy (non-hydrogen) atoms. The zero-order chi connectivity index (χ0) is 24.2. The molecule has 0 saturated carbocycles. The predicted octanol–water partition coefficient (Wildman–Crippen LogP) is 4.12. The lowest BCUT2D eigenvalue weighted by Crippen LogP contribution is -2.38. The van der Waals surface area contributed by atoms with E-state index >= 15 is 0 Å². The largest absolute Gasteiger partial charge is 0.352 e. The Morgan fingerprint density at radius 3 is 2.37 bits per heavy atom. The smallest absolute Gasteiger partial charge is 0.251 e. The second-order valence-electron chi connectivity index (χ2n) is 9.40. The van der Waals surface area contributed by atoms with Crippen molar-refractivity contribution in [1.29, 1.82) is 0 Å². The van der Waals surface area contributed by atoms with Gasteiger partial charge in [0.05, 0.1) is 19.3 Å². The molecule has 5 rings (SSSR count). The highest BCUT2D eigenvalue weighted by molar-refractivity contribution is 6.30. The summed E-state index contributed by atoms with van der Waals surface area (Å²) in [5, 5.41) is 8.14. The SMILES string of the molecule is O=C(NCC1CCN(Cc2ccc(Cl)cc2)CC1)c1ccc(CN2C(=O)CCn3nccc32)cc1. The van der Waals surface area contributed by atoms with Gasteiger partial charge in [0.2, 0.25) is 5.91 Å². The number of nitrogens with zero attached hydrogens (tertiary/aromatic N) is 4. The van der Waals surface area contributed by atoms with Crippen molar-refractivity contribution in [3.05, 3.63) is 82.5 Å². The van der Waals surface area contributed by atoms with Crippen molar-refractivity contribution in [3.8, 4) is 0 Å². The Morgan fingerprint density at radius 1 is 0.943 bits per heavy atom. The van der Waals surface area contributed by atoms with Crippen molar-refractivity contribution in [2.45, 2.75) is 38.9 Å². The van der Waals surface area contributed by atoms with Crippen LogP contribution in [0.1, 0.15) is 40.7 Å². The monoisotopic (exact) mass is 491 g/mol. The molecule has 8 heteroatoms. The van der Waals surface area contributed by atoms with E-state index in [0.717, 1.165) is 48.9 Å². The molecular formula is C27H30ClN5O2. The Kier molecular flexibility index (Phi) is 7.16. The number of likely N-dealkylation sites (tertiary alicyclic amines) is 1. The van der Waals surface area contributed by atoms with Crippen LogP contribution in [0.4, 0.5) is 5.82 Å². The minimum Gasteiger partial charge on any atom is -0.352 e. The van der Waals surface area contributed by atoms with Crippen LogP contribution in [0.2, 0.25) is 5.02 Å². The second kappa shape index (κ2) is 10.6. The molecule has 1 N–H and O–H groups in total. The van der Waals surface area contributed by atoms with E-state index in [2.05, 4.69) is 27.4 Å². The molecule has 7 nitrogen and oxygen atoms in total. The number of hydrogen-bond donors (Lipinski definition) is 1. The summed E-state index contributed by atoms with van der Waals surface area (Å²) in [4.78, 5) is 29.3. The minimum absolute atomic E-state index is 0.0488. The summed E-state index contributed by atoms with van der Waals surface area (Å²) in [5.41, 5.74) is 2.90. The Bertz CT molecular complexity index is 1170. The average Bonchev–Trinajstić information content (AvgIpc) is 3.36. The first kappa shape index (κ1) is 23.6. The van der Waals surface area contributed by atoms with Gasteiger partial charge >= 0.3 is 0 Å². The lowest BCUT2D eigenvalue weighted by molar-refractivity contribution is -0.119. The summed E-state index contributed by atoms with van der Waals surface area (Å²) < 4.78 is 1.85. The lowest BCUT2D eigenvalue weighted by Gasteiger charge is -2.32. The number of hydrogen-bond acceptors (Lipinski definition) is 4. The van der Waals surface area contributed by atoms with E-state index in [9.17, 15) is 9.59 Å². The van der Waals surface area contributed by atoms with Gasteiger partial charge in [-0.3, -0.25) is 19.4 Å². The topological polar surface area (TPSA) is 70.5 Å². The number of amides is 2. The molecule has 0 radical (unpaired) electrons. The van der Waals surface area contributed by atoms with E-state index in [1.165, 1.54) is 5.56 Å². The van der Waals surface area contributed by atoms with Crippen molar-refractivity contribution in [1.82, 2.24) is 20.0 Å². The fraction of sp³-hybridized carbons (Fsp3) is 0.370. The zero-order valence-corrected chi connectivity index (χ0v) is 20.5. The number of carbonyl (C=O) groups is 2. The van der Waals surface area contributed by atoms with E-state index in [0.29, 0.717) is 37.5 Å². The van der Waals surface area contributed by atoms with Gasteiger partial charge in [-0.1, -0.05) is 35.9 Å². The number of aryl methyl sites for hydroxylation is 1. The van der Waals surface area contributed by atoms with Crippen molar-refractivity contribution in [2.24, 2.45) is 5.92 Å². The molecule has 1 aromatic heterocycles. The van der Waals surface area contributed by atoms with E-state index in [1.54, 1.807) is 11.1 Å². The van der Waals surface area contributed by atoms with Crippen LogP contribution in [0.25, 0.3) is 0 Å². The van der Waals surface area contributed by atoms with Gasteiger partial charge in [0, 0.05) is 36.2 Å². The third-order valence-electron chi connectivity index (χ3n) is 6.94. The van der Waals surface area contributed by atoms with Crippen LogP contribution < -0.4 is 10.2 Å². The van der Waals surface area contributed by atoms with Gasteiger partial charge in [-0.25, -0.2) is 4.68 Å². The van der Waals surface area contributed by atoms with Crippen LogP contribution in [0.3, 0.4) is 0 Å². The number of carbonyl (C=O) groups excluding carboxylic acids is 2. The first-order valence-electron chi connectivity index (χ1n) is 12.2. The van der Waals surface area contributed by atoms with Crippen LogP contribution >= 0.6 is 11.6 Å². The van der Waals surface area contributed by atoms with Gasteiger partial charge in [-0.2, -0.15) is 5.10 Å². The maximum absolute atomic E-state index is 12.7. The van der Waals surface area contributed by atoms with Crippen molar-refractivity contribution in [2.75, 3.05) is 24.5 Å². The fourth-order valence-electron chi connectivity index (χ4n) is 4.84. The lowest BCUT2D eigenvalue weighted by atomic mass is 9.96. The van der Waals surface area contributed by atoms with Crippen LogP contribution in [-0.2, 0) is 24.4 Å². The third-order valence-corrected chi connectivity index (χ3v) is 7.20. The maximum atomic E-state index is 12.7. The molecule has 1 fully saturated rings. The number of piperidine rings is 1. The first-order chi connectivity index (χ1) is 17.0. The van der Waals surface area contributed by atoms with Crippen molar-refractivity contribution < 1.29 is 9.59 Å². The highest BCUT2D eigenvalue weighted by Gasteiger charge is 2.25. The summed E-state index contributed by atoms with van der Waals surface area (Å²) in [5.74, 6) is 1.36. The van der Waals surface area contributed by atoms with Crippen molar-refractivity contribution in [3.63, 3.8) is 0 Å². The molecule has 182 valence electrons. The number of nitrogens with one attached hydrogen (secondary N) is 1. The first-order valence-corrected chi connectivity index (χ1v) is 12.6. The van der Waals surface area contributed by atoms with Gasteiger partial charge in [-0.15, -0.1) is 0 Å². The van der Waals surface area contributed by atoms with Crippen LogP contribution in [0.5, 0.6) is 0 Å². The average molecular weight is 492 g/mol. The summed E-state index contributed by atoms with van der Waals surface area (Å²) in [6, 6.07) is 17.4. The number of benzene rings is 2. The number of anilines is 1. The highest BCUT2D eigenvalue weighted by atomic mass is 35.5. The van der Waals surface area contributed by atoms with Gasteiger partial charge in [0.25, 0.3) is 5.91 Å². The quantitative estimate of drug-likeness (QED) is 0.540. The van der Waals surface area contributed by atoms with E-state index in [4.69, 9.17) is 11.6 Å². The number of fused-ring (bicyclic) bond motifs is 1. The zero-order valence-electron chi connectivity index (χ0n) is 19.7. The summed E-state index contributed by atoms with van der Waals surface area (Å²) >= 11 is 5.98. The van der Waals surface area contributed by atoms with E-state index in [-0.39, 0.29) is 11.8 Å². The second-order valence-corrected chi connectivity index (χ2v) is 9.83. The molecule has 0 spiro atoms. The van der Waals surface area contributed by atoms with Gasteiger partial charge in [0.1, 0.15) is 5.82 Å². The van der Waals surface area contributed by atoms with E-state index in [1.807, 2.05) is 47.1 Å². The van der Waals surface area contributed by atoms with Gasteiger partial charge in [0.15, 0.2) is 0 Å². The number of halogens is 1. The molecule has 3 heterocycles. The van der Waals surface area contributed by atoms with E-state index < -0.39 is 0 Å². The van der Waals surface area contributed by atoms with Crippen LogP contribution in [0, 0.1) is 5.92 Å². The molecule has 2 amide bonds. The Hall–Kier alpha value is -3.16. The third kappa shape index (κ3) is 5.74. The summed E-state index contributed by atoms with van der Waals surface area (Å²) in [7, 11) is 0. The van der Waals surface area contributed by atoms with Gasteiger partial charge < -0.3 is 5.32 Å². The Balaban J connectivity index is 1.08. The molecule has 3 aromatic rings. The van der Waals surface area contributed by atoms with Crippen molar-refractivity contribution >= 4 is 29.2 Å². The molecule has 2 aliphatic rings. The molecule has 0 aliphatic carbocycles. The molecule has 2 aliphatic heterocycles. The standard InChI is InChI=1S/C27H30ClN5O2/c28-24-7-3-21(4-8-24)18-31-14-10-20(11-15-31)17-29-27(35)23-5-1-22(2-6-23)19-32-25-9-13-30-33(25)16-12-26(32)34/h1-9,13,20H,10-12,14-19H2,(H,29,35). The maximum Gasteiger partial charge on any atom is 0.251 e. The fourth-order valence-corrected chi connectivity index (χ4v) is 4.97. The Labute approximate surface area is 210 Å². The summed E-state index contributed by atoms with van der Waals surface area (Å²) in [6.45, 7) is 4.80. The molecule has 0 bridgehead atoms. The minimum atomic E-state index is -0.0488. The molecular weight excluding hydrogens is 462 g/mol. The predicted molar refractivity (Wildman–Crippen MR) is 136 cm³/mol. The Morgan fingerprint density at radius 2 is 1.63 bits per heavy atom. The molecule has 2 aromatic carbocycles. The van der Waals surface area contributed by atoms with Gasteiger partial charge in [-0.05, 0) is 67.2 Å². The molecule has 0 atom stereocenters. The molecule has 0 unspecified atom stereocenters.